The van der Waals surface area contributed by atoms with Gasteiger partial charge in [-0.05, 0) is 95.4 Å². The van der Waals surface area contributed by atoms with Crippen LogP contribution in [-0.4, -0.2) is 82.3 Å². The summed E-state index contributed by atoms with van der Waals surface area (Å²) in [6.07, 6.45) is 23.9. The fourth-order valence-electron chi connectivity index (χ4n) is 7.63. The molecule has 8 heteroatoms. The Labute approximate surface area is 293 Å². The van der Waals surface area contributed by atoms with Crippen LogP contribution in [0, 0.1) is 11.8 Å². The molecule has 3 fully saturated rings. The summed E-state index contributed by atoms with van der Waals surface area (Å²) >= 11 is 0. The second kappa shape index (κ2) is 21.4. The van der Waals surface area contributed by atoms with Crippen LogP contribution in [0.2, 0.25) is 0 Å². The van der Waals surface area contributed by atoms with Gasteiger partial charge in [0.15, 0.2) is 0 Å². The molecular weight excluding hydrogens is 612 g/mol. The molecule has 1 saturated carbocycles. The van der Waals surface area contributed by atoms with Gasteiger partial charge in [0.25, 0.3) is 6.47 Å². The fraction of sp³-hybridized carbons (Fsp3) is 0.537. The Morgan fingerprint density at radius 2 is 1.57 bits per heavy atom. The number of hydrogen-bond acceptors (Lipinski definition) is 6. The van der Waals surface area contributed by atoms with Gasteiger partial charge in [-0.25, -0.2) is 9.78 Å². The van der Waals surface area contributed by atoms with Gasteiger partial charge in [0.05, 0.1) is 29.5 Å². The highest BCUT2D eigenvalue weighted by Crippen LogP contribution is 2.33. The van der Waals surface area contributed by atoms with E-state index in [2.05, 4.69) is 50.6 Å². The smallest absolute Gasteiger partial charge is 0.338 e. The quantitative estimate of drug-likeness (QED) is 0.199. The normalized spacial score (nSPS) is 20.6. The molecule has 2 saturated heterocycles. The molecule has 2 aliphatic heterocycles. The van der Waals surface area contributed by atoms with Gasteiger partial charge in [0.1, 0.15) is 0 Å². The Balaban J connectivity index is 0.000000297. The molecular formula is C41H58N4O4. The highest BCUT2D eigenvalue weighted by atomic mass is 16.5. The van der Waals surface area contributed by atoms with Gasteiger partial charge in [0.2, 0.25) is 0 Å². The van der Waals surface area contributed by atoms with Gasteiger partial charge in [-0.15, -0.1) is 0 Å². The Bertz CT molecular complexity index is 1390. The molecule has 2 unspecified atom stereocenters. The molecule has 2 aromatic carbocycles. The summed E-state index contributed by atoms with van der Waals surface area (Å²) in [7, 11) is 0. The summed E-state index contributed by atoms with van der Waals surface area (Å²) in [5.41, 5.74) is 2.58. The highest BCUT2D eigenvalue weighted by molar-refractivity contribution is 5.93. The van der Waals surface area contributed by atoms with E-state index >= 15 is 0 Å². The molecule has 0 radical (unpaired) electrons. The van der Waals surface area contributed by atoms with Crippen molar-refractivity contribution in [2.75, 3.05) is 39.3 Å². The van der Waals surface area contributed by atoms with E-state index in [4.69, 9.17) is 14.6 Å². The largest absolute Gasteiger partial charge is 0.483 e. The number of carbonyl (C=O) groups is 2. The number of hydrogen-bond donors (Lipinski definition) is 1. The van der Waals surface area contributed by atoms with Crippen molar-refractivity contribution < 1.29 is 19.4 Å². The van der Waals surface area contributed by atoms with E-state index in [0.717, 1.165) is 28.9 Å². The van der Waals surface area contributed by atoms with Crippen LogP contribution in [0.15, 0.2) is 85.2 Å². The van der Waals surface area contributed by atoms with Gasteiger partial charge >= 0.3 is 5.97 Å². The van der Waals surface area contributed by atoms with Crippen LogP contribution in [-0.2, 0) is 9.53 Å². The molecule has 266 valence electrons. The molecule has 8 nitrogen and oxygen atoms in total. The number of ether oxygens (including phenoxy) is 1. The molecule has 0 spiro atoms. The van der Waals surface area contributed by atoms with Crippen LogP contribution in [0.1, 0.15) is 94.5 Å². The first kappa shape index (κ1) is 38.1. The van der Waals surface area contributed by atoms with E-state index in [0.29, 0.717) is 18.2 Å². The molecule has 1 aromatic heterocycles. The lowest BCUT2D eigenvalue weighted by molar-refractivity contribution is -0.122. The van der Waals surface area contributed by atoms with Gasteiger partial charge in [-0.2, -0.15) is 0 Å². The SMILES string of the molecule is C1=CCCC=C1.CCOC(=O)c1ccc2c(c1)ncn2C1CCN(CC2CCN(C(C)C3CCCCC3)C2)CC1.O=CO.c1ccccc1. The van der Waals surface area contributed by atoms with E-state index in [-0.39, 0.29) is 12.4 Å². The summed E-state index contributed by atoms with van der Waals surface area (Å²) in [4.78, 5) is 30.5. The van der Waals surface area contributed by atoms with Crippen LogP contribution >= 0.6 is 0 Å². The Morgan fingerprint density at radius 3 is 2.14 bits per heavy atom. The standard InChI is InChI=1S/C28H42N4O2.C6H8.C6H6.CH2O2/c1-3-34-28(33)24-9-10-27-26(17-24)29-20-32(27)25-12-14-30(15-13-25)18-22-11-16-31(19-22)21(2)23-7-5-4-6-8-23;2*1-2-4-6-5-3-1;2-1-3/h9-10,17,20-23,25H,3-8,11-16,18-19H2,1-2H3;1-4H,5-6H2;1-6H;1H,(H,2,3). The fourth-order valence-corrected chi connectivity index (χ4v) is 7.63. The van der Waals surface area contributed by atoms with Crippen molar-refractivity contribution >= 4 is 23.5 Å². The summed E-state index contributed by atoms with van der Waals surface area (Å²) in [5.74, 6) is 1.49. The minimum atomic E-state index is -0.272. The third-order valence-corrected chi connectivity index (χ3v) is 10.3. The zero-order valence-corrected chi connectivity index (χ0v) is 29.7. The van der Waals surface area contributed by atoms with Gasteiger partial charge in [0, 0.05) is 38.3 Å². The monoisotopic (exact) mass is 670 g/mol. The zero-order valence-electron chi connectivity index (χ0n) is 29.7. The number of nitrogens with zero attached hydrogens (tertiary/aromatic N) is 4. The van der Waals surface area contributed by atoms with E-state index < -0.39 is 0 Å². The molecule has 3 aromatic rings. The molecule has 2 aliphatic carbocycles. The molecule has 4 aliphatic rings. The lowest BCUT2D eigenvalue weighted by Gasteiger charge is -2.36. The second-order valence-corrected chi connectivity index (χ2v) is 13.6. The lowest BCUT2D eigenvalue weighted by Crippen LogP contribution is -2.40. The van der Waals surface area contributed by atoms with Crippen LogP contribution in [0.5, 0.6) is 0 Å². The number of imidazole rings is 1. The number of carbonyl (C=O) groups excluding carboxylic acids is 1. The summed E-state index contributed by atoms with van der Waals surface area (Å²) < 4.78 is 7.46. The van der Waals surface area contributed by atoms with Crippen molar-refractivity contribution in [2.45, 2.75) is 90.1 Å². The topological polar surface area (TPSA) is 87.9 Å². The van der Waals surface area contributed by atoms with Crippen LogP contribution in [0.25, 0.3) is 11.0 Å². The average Bonchev–Trinajstić information content (AvgIpc) is 3.82. The molecule has 0 amide bonds. The van der Waals surface area contributed by atoms with Crippen LogP contribution < -0.4 is 0 Å². The Morgan fingerprint density at radius 1 is 0.939 bits per heavy atom. The van der Waals surface area contributed by atoms with E-state index in [1.54, 1.807) is 0 Å². The maximum Gasteiger partial charge on any atom is 0.338 e. The minimum absolute atomic E-state index is 0.250. The van der Waals surface area contributed by atoms with Crippen molar-refractivity contribution in [3.05, 3.63) is 90.8 Å². The molecule has 49 heavy (non-hydrogen) atoms. The average molecular weight is 671 g/mol. The number of piperidine rings is 1. The number of rotatable bonds is 7. The first-order valence-electron chi connectivity index (χ1n) is 18.5. The van der Waals surface area contributed by atoms with Gasteiger partial charge < -0.3 is 24.2 Å². The minimum Gasteiger partial charge on any atom is -0.483 e. The van der Waals surface area contributed by atoms with Crippen LogP contribution in [0.4, 0.5) is 0 Å². The van der Waals surface area contributed by atoms with E-state index in [9.17, 15) is 4.79 Å². The van der Waals surface area contributed by atoms with Crippen molar-refractivity contribution in [2.24, 2.45) is 11.8 Å². The van der Waals surface area contributed by atoms with Crippen molar-refractivity contribution in [1.82, 2.24) is 19.4 Å². The number of allylic oxidation sites excluding steroid dienone is 4. The molecule has 3 heterocycles. The number of benzene rings is 2. The van der Waals surface area contributed by atoms with E-state index in [1.807, 2.05) is 67.8 Å². The second-order valence-electron chi connectivity index (χ2n) is 13.6. The number of esters is 1. The number of aromatic nitrogens is 2. The third-order valence-electron chi connectivity index (χ3n) is 10.3. The Hall–Kier alpha value is -3.75. The number of likely N-dealkylation sites (tertiary alicyclic amines) is 2. The summed E-state index contributed by atoms with van der Waals surface area (Å²) in [6, 6.07) is 19.0. The molecule has 1 N–H and O–H groups in total. The molecule has 0 bridgehead atoms. The first-order valence-corrected chi connectivity index (χ1v) is 18.5. The maximum atomic E-state index is 12.0. The number of carboxylic acid groups (broad SMARTS) is 1. The molecule has 7 rings (SSSR count). The van der Waals surface area contributed by atoms with Crippen molar-refractivity contribution in [3.63, 3.8) is 0 Å². The van der Waals surface area contributed by atoms with Crippen molar-refractivity contribution in [1.29, 1.82) is 0 Å². The summed E-state index contributed by atoms with van der Waals surface area (Å²) in [6.45, 7) is 10.7. The zero-order chi connectivity index (χ0) is 34.7. The third kappa shape index (κ3) is 12.3. The summed E-state index contributed by atoms with van der Waals surface area (Å²) in [5, 5.41) is 6.89. The van der Waals surface area contributed by atoms with Crippen LogP contribution in [0.3, 0.4) is 0 Å². The highest BCUT2D eigenvalue weighted by Gasteiger charge is 2.32. The van der Waals surface area contributed by atoms with Gasteiger partial charge in [-0.1, -0.05) is 80.0 Å². The predicted octanol–water partition coefficient (Wildman–Crippen LogP) is 8.42. The lowest BCUT2D eigenvalue weighted by atomic mass is 9.84. The maximum absolute atomic E-state index is 12.0. The van der Waals surface area contributed by atoms with E-state index in [1.165, 1.54) is 96.9 Å². The first-order chi connectivity index (χ1) is 24.0. The van der Waals surface area contributed by atoms with Crippen molar-refractivity contribution in [3.8, 4) is 0 Å². The number of fused-ring (bicyclic) bond motifs is 1. The predicted molar refractivity (Wildman–Crippen MR) is 199 cm³/mol. The molecule has 2 atom stereocenters. The Kier molecular flexibility index (Phi) is 16.6. The van der Waals surface area contributed by atoms with Gasteiger partial charge in [-0.3, -0.25) is 4.79 Å².